The molecule has 0 spiro atoms. The zero-order valence-electron chi connectivity index (χ0n) is 12.4. The summed E-state index contributed by atoms with van der Waals surface area (Å²) in [6.45, 7) is 0.306. The minimum Gasteiger partial charge on any atom is -0.352 e. The van der Waals surface area contributed by atoms with Gasteiger partial charge >= 0.3 is 0 Å². The van der Waals surface area contributed by atoms with Crippen LogP contribution in [0.15, 0.2) is 60.0 Å². The van der Waals surface area contributed by atoms with E-state index in [4.69, 9.17) is 0 Å². The summed E-state index contributed by atoms with van der Waals surface area (Å²) in [5.74, 6) is -0.286. The van der Waals surface area contributed by atoms with Crippen LogP contribution in [0.3, 0.4) is 0 Å². The van der Waals surface area contributed by atoms with E-state index in [1.165, 1.54) is 4.70 Å². The molecule has 5 heteroatoms. The molecule has 0 saturated heterocycles. The molecule has 4 nitrogen and oxygen atoms in total. The minimum atomic E-state index is -0.168. The van der Waals surface area contributed by atoms with Crippen molar-refractivity contribution in [3.05, 3.63) is 65.5 Å². The number of anilines is 1. The first-order valence-electron chi connectivity index (χ1n) is 7.33. The molecule has 1 aromatic heterocycles. The van der Waals surface area contributed by atoms with E-state index in [9.17, 15) is 9.59 Å². The summed E-state index contributed by atoms with van der Waals surface area (Å²) in [5.41, 5.74) is 1.37. The number of amides is 2. The maximum absolute atomic E-state index is 11.9. The molecule has 2 amide bonds. The fourth-order valence-electron chi connectivity index (χ4n) is 2.25. The van der Waals surface area contributed by atoms with Gasteiger partial charge in [0.25, 0.3) is 5.91 Å². The van der Waals surface area contributed by atoms with Crippen LogP contribution in [0.2, 0.25) is 0 Å². The number of thiophene rings is 1. The van der Waals surface area contributed by atoms with Crippen molar-refractivity contribution in [2.24, 2.45) is 0 Å². The number of nitrogens with one attached hydrogen (secondary N) is 2. The van der Waals surface area contributed by atoms with Gasteiger partial charge in [0.15, 0.2) is 0 Å². The van der Waals surface area contributed by atoms with Gasteiger partial charge in [0.2, 0.25) is 5.91 Å². The molecule has 116 valence electrons. The molecular formula is C18H16N2O2S. The highest BCUT2D eigenvalue weighted by molar-refractivity contribution is 7.17. The van der Waals surface area contributed by atoms with Gasteiger partial charge < -0.3 is 10.6 Å². The van der Waals surface area contributed by atoms with E-state index in [0.717, 1.165) is 11.1 Å². The average Bonchev–Trinajstić information content (AvgIpc) is 3.03. The van der Waals surface area contributed by atoms with Gasteiger partial charge in [-0.1, -0.05) is 18.2 Å². The predicted octanol–water partition coefficient (Wildman–Crippen LogP) is 3.66. The molecule has 0 unspecified atom stereocenters. The summed E-state index contributed by atoms with van der Waals surface area (Å²) < 4.78 is 1.19. The van der Waals surface area contributed by atoms with Crippen LogP contribution in [0.25, 0.3) is 10.1 Å². The molecule has 0 radical (unpaired) electrons. The first-order valence-corrected chi connectivity index (χ1v) is 8.21. The van der Waals surface area contributed by atoms with Crippen molar-refractivity contribution in [3.63, 3.8) is 0 Å². The van der Waals surface area contributed by atoms with E-state index < -0.39 is 0 Å². The summed E-state index contributed by atoms with van der Waals surface area (Å²) in [4.78, 5) is 23.8. The van der Waals surface area contributed by atoms with Gasteiger partial charge in [0, 0.05) is 28.9 Å². The SMILES string of the molecule is O=C(CCNC(=O)c1ccccc1)Nc1ccc2sccc2c1. The zero-order chi connectivity index (χ0) is 16.1. The summed E-state index contributed by atoms with van der Waals surface area (Å²) in [7, 11) is 0. The third kappa shape index (κ3) is 3.96. The van der Waals surface area contributed by atoms with Crippen LogP contribution >= 0.6 is 11.3 Å². The Morgan fingerprint density at radius 3 is 2.65 bits per heavy atom. The second-order valence-electron chi connectivity index (χ2n) is 5.09. The quantitative estimate of drug-likeness (QED) is 0.752. The number of carbonyl (C=O) groups excluding carboxylic acids is 2. The van der Waals surface area contributed by atoms with Crippen molar-refractivity contribution in [1.29, 1.82) is 0 Å². The van der Waals surface area contributed by atoms with Gasteiger partial charge in [-0.15, -0.1) is 11.3 Å². The topological polar surface area (TPSA) is 58.2 Å². The highest BCUT2D eigenvalue weighted by atomic mass is 32.1. The largest absolute Gasteiger partial charge is 0.352 e. The van der Waals surface area contributed by atoms with Gasteiger partial charge in [-0.2, -0.15) is 0 Å². The molecule has 0 bridgehead atoms. The lowest BCUT2D eigenvalue weighted by atomic mass is 10.2. The van der Waals surface area contributed by atoms with E-state index in [1.807, 2.05) is 47.8 Å². The van der Waals surface area contributed by atoms with Gasteiger partial charge in [-0.05, 0) is 47.2 Å². The van der Waals surface area contributed by atoms with E-state index in [1.54, 1.807) is 23.5 Å². The maximum atomic E-state index is 11.9. The Kier molecular flexibility index (Phi) is 4.68. The monoisotopic (exact) mass is 324 g/mol. The van der Waals surface area contributed by atoms with E-state index in [2.05, 4.69) is 10.6 Å². The molecule has 1 heterocycles. The number of benzene rings is 2. The molecular weight excluding hydrogens is 308 g/mol. The van der Waals surface area contributed by atoms with Crippen molar-refractivity contribution in [2.75, 3.05) is 11.9 Å². The van der Waals surface area contributed by atoms with Crippen LogP contribution in [0.4, 0.5) is 5.69 Å². The molecule has 23 heavy (non-hydrogen) atoms. The Labute approximate surface area is 138 Å². The maximum Gasteiger partial charge on any atom is 0.251 e. The summed E-state index contributed by atoms with van der Waals surface area (Å²) in [5, 5.41) is 8.73. The third-order valence-electron chi connectivity index (χ3n) is 3.41. The van der Waals surface area contributed by atoms with Gasteiger partial charge in [0.1, 0.15) is 0 Å². The van der Waals surface area contributed by atoms with Crippen LogP contribution in [-0.4, -0.2) is 18.4 Å². The number of hydrogen-bond acceptors (Lipinski definition) is 3. The Bertz CT molecular complexity index is 827. The Balaban J connectivity index is 1.48. The van der Waals surface area contributed by atoms with Gasteiger partial charge in [-0.3, -0.25) is 9.59 Å². The minimum absolute atomic E-state index is 0.118. The van der Waals surface area contributed by atoms with E-state index >= 15 is 0 Å². The molecule has 0 aliphatic carbocycles. The highest BCUT2D eigenvalue weighted by Gasteiger charge is 2.07. The second-order valence-corrected chi connectivity index (χ2v) is 6.04. The van der Waals surface area contributed by atoms with Gasteiger partial charge in [-0.25, -0.2) is 0 Å². The number of rotatable bonds is 5. The molecule has 2 aromatic carbocycles. The fraction of sp³-hybridized carbons (Fsp3) is 0.111. The van der Waals surface area contributed by atoms with Crippen molar-refractivity contribution in [1.82, 2.24) is 5.32 Å². The van der Waals surface area contributed by atoms with Crippen LogP contribution in [0.1, 0.15) is 16.8 Å². The first-order chi connectivity index (χ1) is 11.2. The molecule has 0 aliphatic rings. The number of carbonyl (C=O) groups is 2. The molecule has 0 saturated carbocycles. The smallest absolute Gasteiger partial charge is 0.251 e. The number of hydrogen-bond donors (Lipinski definition) is 2. The molecule has 0 atom stereocenters. The fourth-order valence-corrected chi connectivity index (χ4v) is 3.02. The summed E-state index contributed by atoms with van der Waals surface area (Å²) in [6, 6.07) is 16.8. The van der Waals surface area contributed by atoms with Crippen molar-refractivity contribution < 1.29 is 9.59 Å². The van der Waals surface area contributed by atoms with Crippen LogP contribution < -0.4 is 10.6 Å². The standard InChI is InChI=1S/C18H16N2O2S/c21-17(8-10-19-18(22)13-4-2-1-3-5-13)20-15-6-7-16-14(12-15)9-11-23-16/h1-7,9,11-12H,8,10H2,(H,19,22)(H,20,21). The molecule has 3 aromatic rings. The van der Waals surface area contributed by atoms with Crippen LogP contribution in [0, 0.1) is 0 Å². The second kappa shape index (κ2) is 7.07. The van der Waals surface area contributed by atoms with Crippen molar-refractivity contribution in [3.8, 4) is 0 Å². The van der Waals surface area contributed by atoms with Crippen LogP contribution in [0.5, 0.6) is 0 Å². The first kappa shape index (κ1) is 15.2. The van der Waals surface area contributed by atoms with Crippen LogP contribution in [-0.2, 0) is 4.79 Å². The van der Waals surface area contributed by atoms with Gasteiger partial charge in [0.05, 0.1) is 0 Å². The predicted molar refractivity (Wildman–Crippen MR) is 93.8 cm³/mol. The molecule has 0 fully saturated rings. The average molecular weight is 324 g/mol. The lowest BCUT2D eigenvalue weighted by Crippen LogP contribution is -2.27. The zero-order valence-corrected chi connectivity index (χ0v) is 13.2. The highest BCUT2D eigenvalue weighted by Crippen LogP contribution is 2.23. The normalized spacial score (nSPS) is 10.4. The Morgan fingerprint density at radius 2 is 1.83 bits per heavy atom. The molecule has 0 aliphatic heterocycles. The summed E-state index contributed by atoms with van der Waals surface area (Å²) in [6.07, 6.45) is 0.236. The number of fused-ring (bicyclic) bond motifs is 1. The third-order valence-corrected chi connectivity index (χ3v) is 4.31. The molecule has 3 rings (SSSR count). The van der Waals surface area contributed by atoms with E-state index in [0.29, 0.717) is 12.1 Å². The lowest BCUT2D eigenvalue weighted by Gasteiger charge is -2.07. The lowest BCUT2D eigenvalue weighted by molar-refractivity contribution is -0.116. The van der Waals surface area contributed by atoms with Crippen molar-refractivity contribution in [2.45, 2.75) is 6.42 Å². The molecule has 2 N–H and O–H groups in total. The Hall–Kier alpha value is -2.66. The van der Waals surface area contributed by atoms with Crippen molar-refractivity contribution >= 4 is 38.9 Å². The van der Waals surface area contributed by atoms with E-state index in [-0.39, 0.29) is 18.2 Å². The summed E-state index contributed by atoms with van der Waals surface area (Å²) >= 11 is 1.67. The Morgan fingerprint density at radius 1 is 1.00 bits per heavy atom.